The predicted molar refractivity (Wildman–Crippen MR) is 88.2 cm³/mol. The highest BCUT2D eigenvalue weighted by Gasteiger charge is 2.16. The normalized spacial score (nSPS) is 11.9. The molecule has 122 valence electrons. The zero-order valence-corrected chi connectivity index (χ0v) is 13.0. The average molecular weight is 324 g/mol. The molecule has 0 aliphatic heterocycles. The largest absolute Gasteiger partial charge is 0.463 e. The molecule has 0 bridgehead atoms. The van der Waals surface area contributed by atoms with Crippen molar-refractivity contribution in [1.29, 1.82) is 0 Å². The summed E-state index contributed by atoms with van der Waals surface area (Å²) in [5.74, 6) is -0.0847. The molecule has 0 fully saturated rings. The van der Waals surface area contributed by atoms with Gasteiger partial charge in [0.2, 0.25) is 5.91 Å². The molecule has 1 amide bonds. The van der Waals surface area contributed by atoms with Crippen molar-refractivity contribution in [3.05, 3.63) is 65.4 Å². The quantitative estimate of drug-likeness (QED) is 0.777. The molecular weight excluding hydrogens is 308 g/mol. The standard InChI is InChI=1S/C17H16N4O3/c1-12(17(23)19-13-4-2-8-18-10-13)11-21-16(22)7-6-14(20-21)15-5-3-9-24-15/h2-10,12H,11H2,1H3,(H,19,23). The molecule has 0 spiro atoms. The lowest BCUT2D eigenvalue weighted by molar-refractivity contribution is -0.119. The molecule has 0 aromatic carbocycles. The number of hydrogen-bond donors (Lipinski definition) is 1. The van der Waals surface area contributed by atoms with Gasteiger partial charge in [-0.1, -0.05) is 6.92 Å². The van der Waals surface area contributed by atoms with Crippen LogP contribution in [0.4, 0.5) is 5.69 Å². The van der Waals surface area contributed by atoms with Crippen LogP contribution in [0, 0.1) is 5.92 Å². The van der Waals surface area contributed by atoms with Gasteiger partial charge in [0.1, 0.15) is 5.69 Å². The number of nitrogens with one attached hydrogen (secondary N) is 1. The van der Waals surface area contributed by atoms with Crippen molar-refractivity contribution in [1.82, 2.24) is 14.8 Å². The molecule has 0 saturated carbocycles. The molecule has 1 unspecified atom stereocenters. The van der Waals surface area contributed by atoms with Crippen LogP contribution in [0.15, 0.2) is 64.3 Å². The van der Waals surface area contributed by atoms with E-state index in [9.17, 15) is 9.59 Å². The van der Waals surface area contributed by atoms with Gasteiger partial charge in [-0.3, -0.25) is 14.6 Å². The summed E-state index contributed by atoms with van der Waals surface area (Å²) in [6, 6.07) is 10.00. The Kier molecular flexibility index (Phi) is 4.51. The summed E-state index contributed by atoms with van der Waals surface area (Å²) in [5.41, 5.74) is 0.879. The monoisotopic (exact) mass is 324 g/mol. The Labute approximate surface area is 138 Å². The molecule has 3 rings (SSSR count). The lowest BCUT2D eigenvalue weighted by Crippen LogP contribution is -2.31. The highest BCUT2D eigenvalue weighted by molar-refractivity contribution is 5.92. The van der Waals surface area contributed by atoms with Crippen LogP contribution in [0.25, 0.3) is 11.5 Å². The number of nitrogens with zero attached hydrogens (tertiary/aromatic N) is 3. The van der Waals surface area contributed by atoms with Gasteiger partial charge in [0.25, 0.3) is 5.56 Å². The molecule has 1 N–H and O–H groups in total. The Morgan fingerprint density at radius 2 is 2.17 bits per heavy atom. The Balaban J connectivity index is 1.74. The number of carbonyl (C=O) groups excluding carboxylic acids is 1. The first kappa shape index (κ1) is 15.7. The third kappa shape index (κ3) is 3.57. The van der Waals surface area contributed by atoms with Crippen LogP contribution < -0.4 is 10.9 Å². The van der Waals surface area contributed by atoms with Crippen molar-refractivity contribution in [2.24, 2.45) is 5.92 Å². The zero-order valence-electron chi connectivity index (χ0n) is 13.0. The maximum absolute atomic E-state index is 12.2. The topological polar surface area (TPSA) is 90.0 Å². The Hall–Kier alpha value is -3.22. The highest BCUT2D eigenvalue weighted by Crippen LogP contribution is 2.15. The van der Waals surface area contributed by atoms with Crippen LogP contribution in [-0.2, 0) is 11.3 Å². The van der Waals surface area contributed by atoms with Gasteiger partial charge >= 0.3 is 0 Å². The third-order valence-electron chi connectivity index (χ3n) is 3.46. The van der Waals surface area contributed by atoms with Crippen LogP contribution in [0.5, 0.6) is 0 Å². The number of amides is 1. The SMILES string of the molecule is CC(Cn1nc(-c2ccco2)ccc1=O)C(=O)Nc1cccnc1. The molecule has 3 heterocycles. The molecule has 3 aromatic heterocycles. The molecule has 1 atom stereocenters. The Morgan fingerprint density at radius 1 is 1.29 bits per heavy atom. The first-order valence-electron chi connectivity index (χ1n) is 7.46. The van der Waals surface area contributed by atoms with Crippen LogP contribution >= 0.6 is 0 Å². The molecule has 7 heteroatoms. The van der Waals surface area contributed by atoms with E-state index in [2.05, 4.69) is 15.4 Å². The first-order chi connectivity index (χ1) is 11.6. The fourth-order valence-corrected chi connectivity index (χ4v) is 2.18. The second-order valence-electron chi connectivity index (χ2n) is 5.35. The number of rotatable bonds is 5. The molecule has 0 saturated heterocycles. The van der Waals surface area contributed by atoms with Gasteiger partial charge in [-0.15, -0.1) is 0 Å². The summed E-state index contributed by atoms with van der Waals surface area (Å²) in [6.45, 7) is 1.90. The Morgan fingerprint density at radius 3 is 2.88 bits per heavy atom. The lowest BCUT2D eigenvalue weighted by atomic mass is 10.1. The van der Waals surface area contributed by atoms with E-state index < -0.39 is 5.92 Å². The smallest absolute Gasteiger partial charge is 0.266 e. The number of pyridine rings is 1. The van der Waals surface area contributed by atoms with E-state index in [-0.39, 0.29) is 18.0 Å². The maximum Gasteiger partial charge on any atom is 0.266 e. The number of anilines is 1. The fourth-order valence-electron chi connectivity index (χ4n) is 2.18. The Bertz CT molecular complexity index is 872. The maximum atomic E-state index is 12.2. The number of furan rings is 1. The summed E-state index contributed by atoms with van der Waals surface area (Å²) >= 11 is 0. The molecular formula is C17H16N4O3. The summed E-state index contributed by atoms with van der Waals surface area (Å²) in [7, 11) is 0. The van der Waals surface area contributed by atoms with E-state index in [1.54, 1.807) is 49.6 Å². The summed E-state index contributed by atoms with van der Waals surface area (Å²) in [5, 5.41) is 7.02. The van der Waals surface area contributed by atoms with Crippen molar-refractivity contribution in [3.63, 3.8) is 0 Å². The lowest BCUT2D eigenvalue weighted by Gasteiger charge is -2.13. The van der Waals surface area contributed by atoms with Crippen molar-refractivity contribution >= 4 is 11.6 Å². The molecule has 24 heavy (non-hydrogen) atoms. The average Bonchev–Trinajstić information content (AvgIpc) is 3.12. The van der Waals surface area contributed by atoms with Gasteiger partial charge in [-0.05, 0) is 30.3 Å². The number of carbonyl (C=O) groups is 1. The van der Waals surface area contributed by atoms with E-state index in [1.807, 2.05) is 0 Å². The van der Waals surface area contributed by atoms with Crippen LogP contribution in [0.2, 0.25) is 0 Å². The summed E-state index contributed by atoms with van der Waals surface area (Å²) in [6.07, 6.45) is 4.73. The van der Waals surface area contributed by atoms with Crippen LogP contribution in [0.1, 0.15) is 6.92 Å². The summed E-state index contributed by atoms with van der Waals surface area (Å²) in [4.78, 5) is 28.2. The second kappa shape index (κ2) is 6.91. The molecule has 0 radical (unpaired) electrons. The van der Waals surface area contributed by atoms with Crippen molar-refractivity contribution < 1.29 is 9.21 Å². The fraction of sp³-hybridized carbons (Fsp3) is 0.176. The van der Waals surface area contributed by atoms with Gasteiger partial charge in [0, 0.05) is 12.3 Å². The van der Waals surface area contributed by atoms with Crippen molar-refractivity contribution in [2.75, 3.05) is 5.32 Å². The van der Waals surface area contributed by atoms with E-state index in [0.717, 1.165) is 0 Å². The van der Waals surface area contributed by atoms with Gasteiger partial charge in [-0.2, -0.15) is 5.10 Å². The van der Waals surface area contributed by atoms with Gasteiger partial charge in [0.15, 0.2) is 5.76 Å². The highest BCUT2D eigenvalue weighted by atomic mass is 16.3. The van der Waals surface area contributed by atoms with Crippen LogP contribution in [0.3, 0.4) is 0 Å². The summed E-state index contributed by atoms with van der Waals surface area (Å²) < 4.78 is 6.55. The van der Waals surface area contributed by atoms with E-state index in [1.165, 1.54) is 17.0 Å². The number of hydrogen-bond acceptors (Lipinski definition) is 5. The van der Waals surface area contributed by atoms with Crippen LogP contribution in [-0.4, -0.2) is 20.7 Å². The second-order valence-corrected chi connectivity index (χ2v) is 5.35. The molecule has 7 nitrogen and oxygen atoms in total. The minimum Gasteiger partial charge on any atom is -0.463 e. The van der Waals surface area contributed by atoms with Gasteiger partial charge in [-0.25, -0.2) is 4.68 Å². The third-order valence-corrected chi connectivity index (χ3v) is 3.46. The minimum atomic E-state index is -0.442. The molecule has 0 aliphatic carbocycles. The number of aromatic nitrogens is 3. The van der Waals surface area contributed by atoms with Crippen molar-refractivity contribution in [2.45, 2.75) is 13.5 Å². The van der Waals surface area contributed by atoms with Gasteiger partial charge in [0.05, 0.1) is 30.6 Å². The first-order valence-corrected chi connectivity index (χ1v) is 7.46. The van der Waals surface area contributed by atoms with E-state index in [4.69, 9.17) is 4.42 Å². The molecule has 3 aromatic rings. The minimum absolute atomic E-state index is 0.166. The van der Waals surface area contributed by atoms with Gasteiger partial charge < -0.3 is 9.73 Å². The zero-order chi connectivity index (χ0) is 16.9. The van der Waals surface area contributed by atoms with E-state index >= 15 is 0 Å². The van der Waals surface area contributed by atoms with E-state index in [0.29, 0.717) is 17.1 Å². The molecule has 0 aliphatic rings. The predicted octanol–water partition coefficient (Wildman–Crippen LogP) is 2.17. The van der Waals surface area contributed by atoms with Crippen molar-refractivity contribution in [3.8, 4) is 11.5 Å².